The number of amides is 1. The zero-order chi connectivity index (χ0) is 17.4. The molecule has 0 atom stereocenters. The number of aliphatic carboxylic acids is 1. The van der Waals surface area contributed by atoms with Gasteiger partial charge in [0.25, 0.3) is 0 Å². The highest BCUT2D eigenvalue weighted by molar-refractivity contribution is 5.92. The van der Waals surface area contributed by atoms with Crippen LogP contribution in [-0.2, 0) is 16.0 Å². The fourth-order valence-corrected chi connectivity index (χ4v) is 3.28. The van der Waals surface area contributed by atoms with Crippen LogP contribution < -0.4 is 10.6 Å². The average Bonchev–Trinajstić information content (AvgIpc) is 2.59. The standard InChI is InChI=1S/C19H28N2O3/c1-2-20-13-15-6-9-16(10-7-15)19(24)21-17-5-3-4-14(12-17)8-11-18(22)23/h3-5,12,15-16,20H,2,6-11,13H2,1H3,(H,21,24)(H,22,23). The van der Waals surface area contributed by atoms with Crippen LogP contribution in [0.4, 0.5) is 5.69 Å². The van der Waals surface area contributed by atoms with Crippen molar-refractivity contribution in [3.05, 3.63) is 29.8 Å². The van der Waals surface area contributed by atoms with Crippen molar-refractivity contribution in [1.82, 2.24) is 5.32 Å². The first-order chi connectivity index (χ1) is 11.6. The summed E-state index contributed by atoms with van der Waals surface area (Å²) in [7, 11) is 0. The maximum absolute atomic E-state index is 12.4. The third-order valence-electron chi connectivity index (χ3n) is 4.72. The van der Waals surface area contributed by atoms with E-state index in [0.29, 0.717) is 12.3 Å². The normalized spacial score (nSPS) is 20.5. The second-order valence-electron chi connectivity index (χ2n) is 6.61. The molecule has 5 nitrogen and oxygen atoms in total. The third kappa shape index (κ3) is 5.96. The Labute approximate surface area is 143 Å². The Kier molecular flexibility index (Phi) is 7.25. The Morgan fingerprint density at radius 1 is 1.21 bits per heavy atom. The first kappa shape index (κ1) is 18.5. The number of nitrogens with one attached hydrogen (secondary N) is 2. The minimum Gasteiger partial charge on any atom is -0.481 e. The van der Waals surface area contributed by atoms with E-state index in [4.69, 9.17) is 5.11 Å². The zero-order valence-electron chi connectivity index (χ0n) is 14.4. The summed E-state index contributed by atoms with van der Waals surface area (Å²) < 4.78 is 0. The predicted molar refractivity (Wildman–Crippen MR) is 95.0 cm³/mol. The molecule has 2 rings (SSSR count). The van der Waals surface area contributed by atoms with Gasteiger partial charge < -0.3 is 15.7 Å². The second-order valence-corrected chi connectivity index (χ2v) is 6.61. The highest BCUT2D eigenvalue weighted by atomic mass is 16.4. The van der Waals surface area contributed by atoms with E-state index in [9.17, 15) is 9.59 Å². The molecule has 0 bridgehead atoms. The molecule has 1 saturated carbocycles. The number of carbonyl (C=O) groups is 2. The number of aryl methyl sites for hydroxylation is 1. The van der Waals surface area contributed by atoms with Crippen LogP contribution in [0.5, 0.6) is 0 Å². The van der Waals surface area contributed by atoms with Gasteiger partial charge in [-0.3, -0.25) is 9.59 Å². The largest absolute Gasteiger partial charge is 0.481 e. The van der Waals surface area contributed by atoms with Crippen LogP contribution in [0.2, 0.25) is 0 Å². The maximum atomic E-state index is 12.4. The van der Waals surface area contributed by atoms with Crippen LogP contribution in [-0.4, -0.2) is 30.1 Å². The summed E-state index contributed by atoms with van der Waals surface area (Å²) in [5, 5.41) is 15.1. The van der Waals surface area contributed by atoms with Crippen LogP contribution in [0.15, 0.2) is 24.3 Å². The molecule has 24 heavy (non-hydrogen) atoms. The lowest BCUT2D eigenvalue weighted by atomic mass is 9.81. The quantitative estimate of drug-likeness (QED) is 0.684. The van der Waals surface area contributed by atoms with E-state index in [2.05, 4.69) is 17.6 Å². The monoisotopic (exact) mass is 332 g/mol. The van der Waals surface area contributed by atoms with Crippen LogP contribution in [0.25, 0.3) is 0 Å². The molecule has 132 valence electrons. The molecule has 1 fully saturated rings. The molecule has 1 amide bonds. The van der Waals surface area contributed by atoms with Gasteiger partial charge in [0.1, 0.15) is 0 Å². The van der Waals surface area contributed by atoms with Crippen molar-refractivity contribution in [3.63, 3.8) is 0 Å². The first-order valence-electron chi connectivity index (χ1n) is 8.90. The van der Waals surface area contributed by atoms with Gasteiger partial charge in [-0.25, -0.2) is 0 Å². The van der Waals surface area contributed by atoms with Crippen molar-refractivity contribution in [3.8, 4) is 0 Å². The van der Waals surface area contributed by atoms with Gasteiger partial charge >= 0.3 is 5.97 Å². The van der Waals surface area contributed by atoms with Crippen molar-refractivity contribution >= 4 is 17.6 Å². The molecule has 0 aliphatic heterocycles. The number of rotatable bonds is 8. The number of hydrogen-bond donors (Lipinski definition) is 3. The smallest absolute Gasteiger partial charge is 0.303 e. The van der Waals surface area contributed by atoms with E-state index in [0.717, 1.165) is 50.0 Å². The summed E-state index contributed by atoms with van der Waals surface area (Å²) in [6.45, 7) is 4.17. The number of carboxylic acids is 1. The lowest BCUT2D eigenvalue weighted by Crippen LogP contribution is -2.31. The molecule has 5 heteroatoms. The average molecular weight is 332 g/mol. The molecule has 0 radical (unpaired) electrons. The molecule has 1 aliphatic carbocycles. The molecule has 0 saturated heterocycles. The SMILES string of the molecule is CCNCC1CCC(C(=O)Nc2cccc(CCC(=O)O)c2)CC1. The topological polar surface area (TPSA) is 78.4 Å². The van der Waals surface area contributed by atoms with Gasteiger partial charge in [-0.1, -0.05) is 19.1 Å². The van der Waals surface area contributed by atoms with Crippen molar-refractivity contribution in [2.45, 2.75) is 45.4 Å². The second kappa shape index (κ2) is 9.42. The van der Waals surface area contributed by atoms with Gasteiger partial charge in [0.2, 0.25) is 5.91 Å². The van der Waals surface area contributed by atoms with Gasteiger partial charge in [0.05, 0.1) is 0 Å². The third-order valence-corrected chi connectivity index (χ3v) is 4.72. The van der Waals surface area contributed by atoms with Crippen molar-refractivity contribution in [1.29, 1.82) is 0 Å². The Balaban J connectivity index is 1.82. The minimum absolute atomic E-state index is 0.0885. The highest BCUT2D eigenvalue weighted by Gasteiger charge is 2.26. The van der Waals surface area contributed by atoms with E-state index >= 15 is 0 Å². The van der Waals surface area contributed by atoms with Crippen molar-refractivity contribution in [2.75, 3.05) is 18.4 Å². The Hall–Kier alpha value is -1.88. The van der Waals surface area contributed by atoms with E-state index < -0.39 is 5.97 Å². The van der Waals surface area contributed by atoms with Crippen LogP contribution >= 0.6 is 0 Å². The number of hydrogen-bond acceptors (Lipinski definition) is 3. The van der Waals surface area contributed by atoms with E-state index in [-0.39, 0.29) is 18.2 Å². The van der Waals surface area contributed by atoms with Crippen molar-refractivity contribution in [2.24, 2.45) is 11.8 Å². The van der Waals surface area contributed by atoms with Crippen LogP contribution in [0.1, 0.15) is 44.6 Å². The summed E-state index contributed by atoms with van der Waals surface area (Å²) in [4.78, 5) is 23.1. The van der Waals surface area contributed by atoms with Gasteiger partial charge in [-0.05, 0) is 68.8 Å². The Morgan fingerprint density at radius 3 is 2.62 bits per heavy atom. The molecular weight excluding hydrogens is 304 g/mol. The number of anilines is 1. The summed E-state index contributed by atoms with van der Waals surface area (Å²) in [5.41, 5.74) is 1.70. The van der Waals surface area contributed by atoms with Gasteiger partial charge in [-0.15, -0.1) is 0 Å². The lowest BCUT2D eigenvalue weighted by Gasteiger charge is -2.27. The molecule has 1 aromatic carbocycles. The molecule has 1 aliphatic rings. The minimum atomic E-state index is -0.807. The van der Waals surface area contributed by atoms with E-state index in [1.54, 1.807) is 0 Å². The molecule has 0 heterocycles. The molecule has 3 N–H and O–H groups in total. The molecule has 1 aromatic rings. The molecular formula is C19H28N2O3. The molecule has 0 aromatic heterocycles. The van der Waals surface area contributed by atoms with Crippen molar-refractivity contribution < 1.29 is 14.7 Å². The highest BCUT2D eigenvalue weighted by Crippen LogP contribution is 2.29. The summed E-state index contributed by atoms with van der Waals surface area (Å²) in [6, 6.07) is 7.49. The summed E-state index contributed by atoms with van der Waals surface area (Å²) in [5.74, 6) is 0.0601. The Morgan fingerprint density at radius 2 is 1.96 bits per heavy atom. The maximum Gasteiger partial charge on any atom is 0.303 e. The number of carbonyl (C=O) groups excluding carboxylic acids is 1. The Bertz CT molecular complexity index is 551. The summed E-state index contributed by atoms with van der Waals surface area (Å²) >= 11 is 0. The van der Waals surface area contributed by atoms with Gasteiger partial charge in [0, 0.05) is 18.0 Å². The molecule has 0 spiro atoms. The first-order valence-corrected chi connectivity index (χ1v) is 8.90. The van der Waals surface area contributed by atoms with Gasteiger partial charge in [0.15, 0.2) is 0 Å². The van der Waals surface area contributed by atoms with Crippen LogP contribution in [0.3, 0.4) is 0 Å². The number of benzene rings is 1. The summed E-state index contributed by atoms with van der Waals surface area (Å²) in [6.07, 6.45) is 4.68. The number of carboxylic acid groups (broad SMARTS) is 1. The fraction of sp³-hybridized carbons (Fsp3) is 0.579. The van der Waals surface area contributed by atoms with Gasteiger partial charge in [-0.2, -0.15) is 0 Å². The van der Waals surface area contributed by atoms with Crippen LogP contribution in [0, 0.1) is 11.8 Å². The fourth-order valence-electron chi connectivity index (χ4n) is 3.28. The van der Waals surface area contributed by atoms with E-state index in [1.807, 2.05) is 24.3 Å². The lowest BCUT2D eigenvalue weighted by molar-refractivity contribution is -0.137. The molecule has 0 unspecified atom stereocenters. The zero-order valence-corrected chi connectivity index (χ0v) is 14.4. The predicted octanol–water partition coefficient (Wildman–Crippen LogP) is 3.06. The van der Waals surface area contributed by atoms with E-state index in [1.165, 1.54) is 0 Å².